The number of hydrogen-bond donors (Lipinski definition) is 2. The van der Waals surface area contributed by atoms with Gasteiger partial charge in [-0.1, -0.05) is 6.07 Å². The Morgan fingerprint density at radius 3 is 2.65 bits per heavy atom. The number of anilines is 1. The third kappa shape index (κ3) is 3.66. The molecule has 4 rings (SSSR count). The summed E-state index contributed by atoms with van der Waals surface area (Å²) < 4.78 is 16.2. The minimum absolute atomic E-state index is 0.0107. The second kappa shape index (κ2) is 7.82. The molecule has 0 aromatic heterocycles. The van der Waals surface area contributed by atoms with Crippen molar-refractivity contribution in [2.24, 2.45) is 0 Å². The summed E-state index contributed by atoms with van der Waals surface area (Å²) >= 11 is 0. The number of hydrogen-bond acceptors (Lipinski definition) is 7. The molecule has 0 radical (unpaired) electrons. The fourth-order valence-electron chi connectivity index (χ4n) is 3.16. The van der Waals surface area contributed by atoms with Crippen molar-refractivity contribution in [3.63, 3.8) is 0 Å². The SMILES string of the molecule is CCOc1cc2c(cc1/C=C1\C(=O)NC(=O)N(c3cccc(C(=O)O)c3)C1=O)OCO2. The summed E-state index contributed by atoms with van der Waals surface area (Å²) in [5.74, 6) is -1.78. The predicted molar refractivity (Wildman–Crippen MR) is 106 cm³/mol. The van der Waals surface area contributed by atoms with Gasteiger partial charge in [0, 0.05) is 11.6 Å². The van der Waals surface area contributed by atoms with E-state index in [1.165, 1.54) is 30.3 Å². The van der Waals surface area contributed by atoms with Crippen molar-refractivity contribution < 1.29 is 38.5 Å². The van der Waals surface area contributed by atoms with Gasteiger partial charge in [0.05, 0.1) is 17.9 Å². The van der Waals surface area contributed by atoms with Gasteiger partial charge in [-0.3, -0.25) is 14.9 Å². The summed E-state index contributed by atoms with van der Waals surface area (Å²) in [4.78, 5) is 49.8. The Bertz CT molecular complexity index is 1150. The summed E-state index contributed by atoms with van der Waals surface area (Å²) in [5.41, 5.74) is -0.0650. The molecule has 2 aliphatic heterocycles. The van der Waals surface area contributed by atoms with Crippen molar-refractivity contribution in [3.05, 3.63) is 53.1 Å². The maximum absolute atomic E-state index is 13.1. The molecule has 4 amide bonds. The lowest BCUT2D eigenvalue weighted by atomic mass is 10.0. The van der Waals surface area contributed by atoms with Crippen LogP contribution >= 0.6 is 0 Å². The molecule has 10 heteroatoms. The van der Waals surface area contributed by atoms with E-state index in [2.05, 4.69) is 5.32 Å². The minimum atomic E-state index is -1.22. The Hall–Kier alpha value is -4.34. The Labute approximate surface area is 175 Å². The normalized spacial score (nSPS) is 16.5. The van der Waals surface area contributed by atoms with Crippen LogP contribution in [-0.2, 0) is 9.59 Å². The van der Waals surface area contributed by atoms with E-state index >= 15 is 0 Å². The van der Waals surface area contributed by atoms with Crippen molar-refractivity contribution in [2.45, 2.75) is 6.92 Å². The first-order chi connectivity index (χ1) is 14.9. The van der Waals surface area contributed by atoms with Gasteiger partial charge in [0.15, 0.2) is 11.5 Å². The van der Waals surface area contributed by atoms with Gasteiger partial charge in [-0.05, 0) is 37.3 Å². The van der Waals surface area contributed by atoms with E-state index in [0.29, 0.717) is 34.3 Å². The Balaban J connectivity index is 1.77. The predicted octanol–water partition coefficient (Wildman–Crippen LogP) is 2.18. The first-order valence-corrected chi connectivity index (χ1v) is 9.20. The van der Waals surface area contributed by atoms with Crippen molar-refractivity contribution in [3.8, 4) is 17.2 Å². The highest BCUT2D eigenvalue weighted by atomic mass is 16.7. The summed E-state index contributed by atoms with van der Waals surface area (Å²) in [6.07, 6.45) is 1.28. The summed E-state index contributed by atoms with van der Waals surface area (Å²) in [5, 5.41) is 11.3. The topological polar surface area (TPSA) is 131 Å². The van der Waals surface area contributed by atoms with Crippen LogP contribution in [0, 0.1) is 0 Å². The first-order valence-electron chi connectivity index (χ1n) is 9.20. The first kappa shape index (κ1) is 20.0. The van der Waals surface area contributed by atoms with Crippen LogP contribution in [0.4, 0.5) is 10.5 Å². The Kier molecular flexibility index (Phi) is 5.04. The van der Waals surface area contributed by atoms with E-state index < -0.39 is 23.8 Å². The molecule has 158 valence electrons. The van der Waals surface area contributed by atoms with E-state index in [1.807, 2.05) is 0 Å². The third-order valence-corrected chi connectivity index (χ3v) is 4.56. The van der Waals surface area contributed by atoms with Crippen molar-refractivity contribution in [1.29, 1.82) is 0 Å². The van der Waals surface area contributed by atoms with E-state index in [1.54, 1.807) is 19.1 Å². The monoisotopic (exact) mass is 424 g/mol. The van der Waals surface area contributed by atoms with Crippen LogP contribution in [-0.4, -0.2) is 42.3 Å². The van der Waals surface area contributed by atoms with E-state index in [0.717, 1.165) is 0 Å². The molecule has 0 bridgehead atoms. The number of rotatable bonds is 5. The molecule has 2 aromatic rings. The van der Waals surface area contributed by atoms with Crippen LogP contribution in [0.25, 0.3) is 6.08 Å². The van der Waals surface area contributed by atoms with Gasteiger partial charge < -0.3 is 19.3 Å². The van der Waals surface area contributed by atoms with Gasteiger partial charge in [-0.2, -0.15) is 0 Å². The number of carboxylic acids is 1. The van der Waals surface area contributed by atoms with Crippen LogP contribution in [0.1, 0.15) is 22.8 Å². The average molecular weight is 424 g/mol. The molecule has 0 unspecified atom stereocenters. The minimum Gasteiger partial charge on any atom is -0.493 e. The Morgan fingerprint density at radius 1 is 1.19 bits per heavy atom. The highest BCUT2D eigenvalue weighted by Gasteiger charge is 2.37. The highest BCUT2D eigenvalue weighted by molar-refractivity contribution is 6.39. The van der Waals surface area contributed by atoms with E-state index in [9.17, 15) is 24.3 Å². The molecule has 0 aliphatic carbocycles. The molecule has 10 nitrogen and oxygen atoms in total. The fraction of sp³-hybridized carbons (Fsp3) is 0.143. The van der Waals surface area contributed by atoms with Crippen LogP contribution < -0.4 is 24.4 Å². The molecular weight excluding hydrogens is 408 g/mol. The van der Waals surface area contributed by atoms with Gasteiger partial charge in [0.25, 0.3) is 11.8 Å². The molecule has 2 N–H and O–H groups in total. The number of carbonyl (C=O) groups is 4. The van der Waals surface area contributed by atoms with Crippen LogP contribution in [0.5, 0.6) is 17.2 Å². The zero-order valence-electron chi connectivity index (χ0n) is 16.2. The van der Waals surface area contributed by atoms with E-state index in [4.69, 9.17) is 14.2 Å². The van der Waals surface area contributed by atoms with Crippen LogP contribution in [0.3, 0.4) is 0 Å². The second-order valence-corrected chi connectivity index (χ2v) is 6.49. The zero-order valence-corrected chi connectivity index (χ0v) is 16.2. The number of carbonyl (C=O) groups excluding carboxylic acids is 3. The average Bonchev–Trinajstić information content (AvgIpc) is 3.18. The number of barbiturate groups is 1. The van der Waals surface area contributed by atoms with Crippen molar-refractivity contribution >= 4 is 35.6 Å². The number of imide groups is 2. The highest BCUT2D eigenvalue weighted by Crippen LogP contribution is 2.39. The number of urea groups is 1. The zero-order chi connectivity index (χ0) is 22.1. The largest absolute Gasteiger partial charge is 0.493 e. The lowest BCUT2D eigenvalue weighted by Crippen LogP contribution is -2.54. The number of ether oxygens (including phenoxy) is 3. The smallest absolute Gasteiger partial charge is 0.335 e. The standard InChI is InChI=1S/C21H16N2O8/c1-2-29-15-9-17-16(30-10-31-17)8-12(15)7-14-18(24)22-21(28)23(19(14)25)13-5-3-4-11(6-13)20(26)27/h3-9H,2,10H2,1H3,(H,26,27)(H,22,24,28)/b14-7+. The molecule has 1 fully saturated rings. The molecule has 31 heavy (non-hydrogen) atoms. The number of nitrogens with one attached hydrogen (secondary N) is 1. The van der Waals surface area contributed by atoms with Gasteiger partial charge in [-0.25, -0.2) is 14.5 Å². The molecule has 0 atom stereocenters. The molecule has 1 saturated heterocycles. The third-order valence-electron chi connectivity index (χ3n) is 4.56. The lowest BCUT2D eigenvalue weighted by molar-refractivity contribution is -0.122. The lowest BCUT2D eigenvalue weighted by Gasteiger charge is -2.26. The summed E-state index contributed by atoms with van der Waals surface area (Å²) in [7, 11) is 0. The van der Waals surface area contributed by atoms with Crippen molar-refractivity contribution in [2.75, 3.05) is 18.3 Å². The van der Waals surface area contributed by atoms with Gasteiger partial charge >= 0.3 is 12.0 Å². The molecule has 2 heterocycles. The van der Waals surface area contributed by atoms with Gasteiger partial charge in [0.1, 0.15) is 11.3 Å². The maximum atomic E-state index is 13.1. The number of fused-ring (bicyclic) bond motifs is 1. The maximum Gasteiger partial charge on any atom is 0.335 e. The number of aromatic carboxylic acids is 1. The van der Waals surface area contributed by atoms with Crippen molar-refractivity contribution in [1.82, 2.24) is 5.32 Å². The van der Waals surface area contributed by atoms with Gasteiger partial charge in [0.2, 0.25) is 6.79 Å². The number of carboxylic acid groups (broad SMARTS) is 1. The molecule has 0 saturated carbocycles. The van der Waals surface area contributed by atoms with Crippen LogP contribution in [0.2, 0.25) is 0 Å². The molecule has 2 aliphatic rings. The van der Waals surface area contributed by atoms with Crippen LogP contribution in [0.15, 0.2) is 42.0 Å². The summed E-state index contributed by atoms with van der Waals surface area (Å²) in [6.45, 7) is 2.13. The molecular formula is C21H16N2O8. The molecule has 0 spiro atoms. The number of benzene rings is 2. The summed E-state index contributed by atoms with van der Waals surface area (Å²) in [6, 6.07) is 7.44. The number of nitrogens with zero attached hydrogens (tertiary/aromatic N) is 1. The Morgan fingerprint density at radius 2 is 1.94 bits per heavy atom. The fourth-order valence-corrected chi connectivity index (χ4v) is 3.16. The van der Waals surface area contributed by atoms with Gasteiger partial charge in [-0.15, -0.1) is 0 Å². The molecule has 2 aromatic carbocycles. The number of amides is 4. The second-order valence-electron chi connectivity index (χ2n) is 6.49. The quantitative estimate of drug-likeness (QED) is 0.552. The van der Waals surface area contributed by atoms with E-state index in [-0.39, 0.29) is 23.6 Å².